The number of hydrogen-bond donors (Lipinski definition) is 1. The zero-order valence-corrected chi connectivity index (χ0v) is 26.0. The smallest absolute Gasteiger partial charge is 0.316 e. The van der Waals surface area contributed by atoms with Gasteiger partial charge >= 0.3 is 6.01 Å². The first-order valence-electron chi connectivity index (χ1n) is 13.4. The lowest BCUT2D eigenvalue weighted by molar-refractivity contribution is 0.122. The Labute approximate surface area is 263 Å². The average molecular weight is 686 g/mol. The third-order valence-corrected chi connectivity index (χ3v) is 7.41. The number of benzene rings is 2. The van der Waals surface area contributed by atoms with Crippen molar-refractivity contribution in [3.63, 3.8) is 0 Å². The molecule has 1 fully saturated rings. The van der Waals surface area contributed by atoms with Crippen LogP contribution in [0.25, 0.3) is 6.08 Å². The zero-order valence-electron chi connectivity index (χ0n) is 23.6. The predicted molar refractivity (Wildman–Crippen MR) is 167 cm³/mol. The molecule has 230 valence electrons. The number of para-hydroxylation sites is 2. The van der Waals surface area contributed by atoms with E-state index < -0.39 is 10.0 Å². The van der Waals surface area contributed by atoms with Crippen LogP contribution in [0.4, 0.5) is 11.8 Å². The molecule has 0 atom stereocenters. The third kappa shape index (κ3) is 8.55. The van der Waals surface area contributed by atoms with Crippen molar-refractivity contribution in [2.24, 2.45) is 0 Å². The minimum Gasteiger partial charge on any atom is -0.493 e. The van der Waals surface area contributed by atoms with Gasteiger partial charge in [-0.3, -0.25) is 4.72 Å². The van der Waals surface area contributed by atoms with E-state index in [0.29, 0.717) is 47.8 Å². The van der Waals surface area contributed by atoms with Gasteiger partial charge in [-0.1, -0.05) is 42.5 Å². The van der Waals surface area contributed by atoms with E-state index in [1.807, 2.05) is 23.1 Å². The molecule has 5 rings (SSSR count). The van der Waals surface area contributed by atoms with Crippen molar-refractivity contribution in [2.45, 2.75) is 0 Å². The zero-order chi connectivity index (χ0) is 30.8. The summed E-state index contributed by atoms with van der Waals surface area (Å²) >= 11 is 3.28. The summed E-state index contributed by atoms with van der Waals surface area (Å²) in [5.74, 6) is 0.724. The molecule has 0 radical (unpaired) electrons. The Hall–Kier alpha value is -4.47. The monoisotopic (exact) mass is 684 g/mol. The van der Waals surface area contributed by atoms with Crippen molar-refractivity contribution in [3.05, 3.63) is 82.4 Å². The van der Waals surface area contributed by atoms with Crippen molar-refractivity contribution in [1.29, 1.82) is 0 Å². The molecule has 1 aliphatic heterocycles. The van der Waals surface area contributed by atoms with Crippen LogP contribution in [0.15, 0.2) is 76.9 Å². The standard InChI is InChI=1S/C29H29BrN6O7S/c1-39-23-9-5-6-10-24(23)43-25-26(35-44(37,38)18-11-21-7-3-2-4-8-21)33-28(36-12-14-40-15-13-36)34-27(25)41-16-17-42-29-31-19-22(30)20-32-29/h2-11,18-20H,12-17H2,1H3,(H,33,34,35). The summed E-state index contributed by atoms with van der Waals surface area (Å²) in [5, 5.41) is 1.05. The second-order valence-corrected chi connectivity index (χ2v) is 11.6. The molecule has 2 aromatic carbocycles. The molecule has 1 N–H and O–H groups in total. The Morgan fingerprint density at radius 3 is 2.36 bits per heavy atom. The number of aromatic nitrogens is 4. The lowest BCUT2D eigenvalue weighted by Crippen LogP contribution is -2.37. The topological polar surface area (TPSA) is 147 Å². The van der Waals surface area contributed by atoms with Gasteiger partial charge in [0.25, 0.3) is 15.9 Å². The summed E-state index contributed by atoms with van der Waals surface area (Å²) in [6.07, 6.45) is 4.60. The Morgan fingerprint density at radius 1 is 0.955 bits per heavy atom. The highest BCUT2D eigenvalue weighted by Gasteiger charge is 2.26. The number of nitrogens with one attached hydrogen (secondary N) is 1. The molecule has 15 heteroatoms. The van der Waals surface area contributed by atoms with Crippen LogP contribution in [0, 0.1) is 0 Å². The first kappa shape index (κ1) is 31.0. The van der Waals surface area contributed by atoms with Gasteiger partial charge in [-0.25, -0.2) is 18.4 Å². The molecule has 0 saturated carbocycles. The first-order chi connectivity index (χ1) is 21.4. The van der Waals surface area contributed by atoms with Gasteiger partial charge in [0.05, 0.1) is 30.2 Å². The van der Waals surface area contributed by atoms with Crippen LogP contribution in [0.5, 0.6) is 29.1 Å². The molecule has 1 saturated heterocycles. The number of morpholine rings is 1. The molecule has 0 spiro atoms. The van der Waals surface area contributed by atoms with Gasteiger partial charge in [0, 0.05) is 25.5 Å². The lowest BCUT2D eigenvalue weighted by Gasteiger charge is -2.28. The Bertz CT molecular complexity index is 1670. The van der Waals surface area contributed by atoms with Gasteiger partial charge in [-0.05, 0) is 39.7 Å². The van der Waals surface area contributed by atoms with E-state index in [1.165, 1.54) is 13.2 Å². The quantitative estimate of drug-likeness (QED) is 0.197. The number of methoxy groups -OCH3 is 1. The van der Waals surface area contributed by atoms with Crippen molar-refractivity contribution in [2.75, 3.05) is 56.2 Å². The van der Waals surface area contributed by atoms with Gasteiger partial charge in [0.15, 0.2) is 17.3 Å². The fraction of sp³-hybridized carbons (Fsp3) is 0.241. The number of hydrogen-bond acceptors (Lipinski definition) is 12. The molecule has 13 nitrogen and oxygen atoms in total. The Kier molecular flexibility index (Phi) is 10.4. The minimum atomic E-state index is -4.07. The van der Waals surface area contributed by atoms with E-state index in [0.717, 1.165) is 5.41 Å². The molecular formula is C29H29BrN6O7S. The van der Waals surface area contributed by atoms with Gasteiger partial charge in [0.1, 0.15) is 13.2 Å². The maximum Gasteiger partial charge on any atom is 0.316 e. The highest BCUT2D eigenvalue weighted by atomic mass is 79.9. The Balaban J connectivity index is 1.50. The summed E-state index contributed by atoms with van der Waals surface area (Å²) < 4.78 is 58.6. The fourth-order valence-corrected chi connectivity index (χ4v) is 4.96. The van der Waals surface area contributed by atoms with E-state index in [2.05, 4.69) is 40.6 Å². The van der Waals surface area contributed by atoms with E-state index >= 15 is 0 Å². The van der Waals surface area contributed by atoms with Crippen molar-refractivity contribution in [1.82, 2.24) is 19.9 Å². The van der Waals surface area contributed by atoms with Crippen molar-refractivity contribution < 1.29 is 32.1 Å². The number of nitrogens with zero attached hydrogens (tertiary/aromatic N) is 5. The second-order valence-electron chi connectivity index (χ2n) is 9.10. The normalized spacial score (nSPS) is 13.5. The minimum absolute atomic E-state index is 0.00136. The maximum absolute atomic E-state index is 13.3. The summed E-state index contributed by atoms with van der Waals surface area (Å²) in [6.45, 7) is 1.98. The van der Waals surface area contributed by atoms with Gasteiger partial charge in [-0.15, -0.1) is 0 Å². The van der Waals surface area contributed by atoms with Crippen LogP contribution in [-0.4, -0.2) is 75.0 Å². The second kappa shape index (κ2) is 14.8. The van der Waals surface area contributed by atoms with Crippen LogP contribution < -0.4 is 28.6 Å². The molecule has 1 aliphatic rings. The van der Waals surface area contributed by atoms with Crippen LogP contribution in [-0.2, 0) is 14.8 Å². The number of anilines is 2. The number of rotatable bonds is 13. The predicted octanol–water partition coefficient (Wildman–Crippen LogP) is 4.54. The van der Waals surface area contributed by atoms with Crippen LogP contribution in [0.3, 0.4) is 0 Å². The van der Waals surface area contributed by atoms with Gasteiger partial charge in [-0.2, -0.15) is 9.97 Å². The molecule has 0 amide bonds. The molecule has 0 unspecified atom stereocenters. The summed E-state index contributed by atoms with van der Waals surface area (Å²) in [4.78, 5) is 19.2. The average Bonchev–Trinajstić information content (AvgIpc) is 3.05. The summed E-state index contributed by atoms with van der Waals surface area (Å²) in [6, 6.07) is 16.1. The molecule has 3 heterocycles. The largest absolute Gasteiger partial charge is 0.493 e. The molecule has 2 aromatic heterocycles. The summed E-state index contributed by atoms with van der Waals surface area (Å²) in [7, 11) is -2.57. The molecular weight excluding hydrogens is 656 g/mol. The molecule has 4 aromatic rings. The van der Waals surface area contributed by atoms with Gasteiger partial charge < -0.3 is 28.6 Å². The lowest BCUT2D eigenvalue weighted by atomic mass is 10.2. The third-order valence-electron chi connectivity index (χ3n) is 6.03. The van der Waals surface area contributed by atoms with Crippen molar-refractivity contribution >= 4 is 43.8 Å². The number of ether oxygens (including phenoxy) is 5. The highest BCUT2D eigenvalue weighted by Crippen LogP contribution is 2.41. The number of sulfonamides is 1. The molecule has 0 aliphatic carbocycles. The van der Waals surface area contributed by atoms with E-state index in [4.69, 9.17) is 23.7 Å². The fourth-order valence-electron chi connectivity index (χ4n) is 3.94. The van der Waals surface area contributed by atoms with Gasteiger partial charge in [0.2, 0.25) is 11.7 Å². The Morgan fingerprint density at radius 2 is 1.64 bits per heavy atom. The first-order valence-corrected chi connectivity index (χ1v) is 15.8. The van der Waals surface area contributed by atoms with Crippen LogP contribution in [0.2, 0.25) is 0 Å². The highest BCUT2D eigenvalue weighted by molar-refractivity contribution is 9.10. The molecule has 44 heavy (non-hydrogen) atoms. The van der Waals surface area contributed by atoms with E-state index in [1.54, 1.807) is 48.8 Å². The van der Waals surface area contributed by atoms with Crippen LogP contribution >= 0.6 is 15.9 Å². The van der Waals surface area contributed by atoms with E-state index in [9.17, 15) is 8.42 Å². The van der Waals surface area contributed by atoms with Crippen LogP contribution in [0.1, 0.15) is 5.56 Å². The van der Waals surface area contributed by atoms with Crippen molar-refractivity contribution in [3.8, 4) is 29.1 Å². The summed E-state index contributed by atoms with van der Waals surface area (Å²) in [5.41, 5.74) is 0.707. The SMILES string of the molecule is COc1ccccc1Oc1c(NS(=O)(=O)C=Cc2ccccc2)nc(N2CCOCC2)nc1OCCOc1ncc(Br)cn1. The number of halogens is 1. The molecule has 0 bridgehead atoms. The van der Waals surface area contributed by atoms with E-state index in [-0.39, 0.29) is 42.6 Å². The maximum atomic E-state index is 13.3.